The number of nitrogens with zero attached hydrogens (tertiary/aromatic N) is 1. The average Bonchev–Trinajstić information content (AvgIpc) is 2.63. The Kier molecular flexibility index (Phi) is 6.09. The summed E-state index contributed by atoms with van der Waals surface area (Å²) in [6.07, 6.45) is 11.8. The van der Waals surface area contributed by atoms with E-state index in [2.05, 4.69) is 10.6 Å². The van der Waals surface area contributed by atoms with E-state index in [1.54, 1.807) is 11.5 Å². The Morgan fingerprint density at radius 3 is 2.59 bits per heavy atom. The van der Waals surface area contributed by atoms with Crippen LogP contribution in [-0.4, -0.2) is 38.0 Å². The third-order valence-corrected chi connectivity index (χ3v) is 6.41. The average molecular weight is 393 g/mol. The molecule has 0 amide bonds. The number of pyridine rings is 1. The van der Waals surface area contributed by atoms with Crippen LogP contribution in [0.25, 0.3) is 0 Å². The molecule has 1 aliphatic heterocycles. The fraction of sp³-hybridized carbons (Fsp3) is 0.650. The van der Waals surface area contributed by atoms with E-state index in [1.807, 2.05) is 12.1 Å². The fourth-order valence-electron chi connectivity index (χ4n) is 4.17. The molecular formula is C20H28N2O4S. The number of aromatic nitrogens is 1. The van der Waals surface area contributed by atoms with Gasteiger partial charge >= 0.3 is 0 Å². The van der Waals surface area contributed by atoms with Crippen LogP contribution >= 0.6 is 0 Å². The molecule has 0 bridgehead atoms. The Bertz CT molecular complexity index is 876. The lowest BCUT2D eigenvalue weighted by Gasteiger charge is -2.36. The Morgan fingerprint density at radius 2 is 1.96 bits per heavy atom. The minimum absolute atomic E-state index is 0.0721. The van der Waals surface area contributed by atoms with Gasteiger partial charge in [0, 0.05) is 23.2 Å². The van der Waals surface area contributed by atoms with Gasteiger partial charge in [-0.25, -0.2) is 13.1 Å². The van der Waals surface area contributed by atoms with Gasteiger partial charge in [-0.3, -0.25) is 4.79 Å². The second-order valence-electron chi connectivity index (χ2n) is 7.76. The Hall–Kier alpha value is -1.62. The summed E-state index contributed by atoms with van der Waals surface area (Å²) in [6, 6.07) is 3.09. The Morgan fingerprint density at radius 1 is 1.26 bits per heavy atom. The van der Waals surface area contributed by atoms with Gasteiger partial charge in [-0.2, -0.15) is 0 Å². The van der Waals surface area contributed by atoms with E-state index in [0.717, 1.165) is 37.6 Å². The van der Waals surface area contributed by atoms with Crippen LogP contribution in [0.2, 0.25) is 0 Å². The van der Waals surface area contributed by atoms with Crippen molar-refractivity contribution >= 4 is 10.0 Å². The molecule has 148 valence electrons. The lowest BCUT2D eigenvalue weighted by molar-refractivity contribution is -0.00297. The molecule has 0 spiro atoms. The first kappa shape index (κ1) is 20.1. The second-order valence-corrected chi connectivity index (χ2v) is 9.54. The maximum atomic E-state index is 12.8. The first-order valence-electron chi connectivity index (χ1n) is 9.54. The van der Waals surface area contributed by atoms with Crippen molar-refractivity contribution in [2.24, 2.45) is 5.92 Å². The summed E-state index contributed by atoms with van der Waals surface area (Å²) in [5, 5.41) is 0. The zero-order chi connectivity index (χ0) is 19.6. The number of ether oxygens (including phenoxy) is 1. The Labute approximate surface area is 161 Å². The van der Waals surface area contributed by atoms with E-state index in [4.69, 9.17) is 11.2 Å². The number of rotatable bonds is 5. The highest BCUT2D eigenvalue weighted by Crippen LogP contribution is 2.29. The topological polar surface area (TPSA) is 77.4 Å². The molecule has 27 heavy (non-hydrogen) atoms. The highest BCUT2D eigenvalue weighted by atomic mass is 32.2. The molecule has 6 nitrogen and oxygen atoms in total. The van der Waals surface area contributed by atoms with E-state index in [9.17, 15) is 13.2 Å². The number of fused-ring (bicyclic) bond motifs is 1. The van der Waals surface area contributed by atoms with Crippen LogP contribution in [0.1, 0.15) is 49.4 Å². The number of nitrogens with one attached hydrogen (secondary N) is 1. The van der Waals surface area contributed by atoms with Gasteiger partial charge in [-0.05, 0) is 51.5 Å². The molecule has 1 aromatic rings. The molecule has 1 fully saturated rings. The monoisotopic (exact) mass is 392 g/mol. The quantitative estimate of drug-likeness (QED) is 0.775. The van der Waals surface area contributed by atoms with Crippen LogP contribution in [0.15, 0.2) is 16.9 Å². The van der Waals surface area contributed by atoms with Gasteiger partial charge in [0.25, 0.3) is 5.56 Å². The van der Waals surface area contributed by atoms with Gasteiger partial charge in [0.15, 0.2) is 0 Å². The third-order valence-electron chi connectivity index (χ3n) is 5.68. The summed E-state index contributed by atoms with van der Waals surface area (Å²) in [6.45, 7) is 2.09. The summed E-state index contributed by atoms with van der Waals surface area (Å²) in [5.74, 6) is 3.14. The molecule has 1 aromatic heterocycles. The minimum atomic E-state index is -3.38. The van der Waals surface area contributed by atoms with Gasteiger partial charge in [0.2, 0.25) is 10.0 Å². The van der Waals surface area contributed by atoms with Crippen molar-refractivity contribution in [2.45, 2.75) is 63.6 Å². The lowest BCUT2D eigenvalue weighted by atomic mass is 9.88. The molecule has 0 aromatic carbocycles. The van der Waals surface area contributed by atoms with E-state index in [-0.39, 0.29) is 23.7 Å². The van der Waals surface area contributed by atoms with Crippen molar-refractivity contribution in [2.75, 3.05) is 12.9 Å². The van der Waals surface area contributed by atoms with Crippen LogP contribution in [0.4, 0.5) is 0 Å². The van der Waals surface area contributed by atoms with Crippen molar-refractivity contribution in [1.82, 2.24) is 9.29 Å². The molecule has 2 heterocycles. The van der Waals surface area contributed by atoms with Gasteiger partial charge < -0.3 is 9.30 Å². The predicted octanol–water partition coefficient (Wildman–Crippen LogP) is 1.77. The van der Waals surface area contributed by atoms with Crippen molar-refractivity contribution < 1.29 is 13.2 Å². The molecular weight excluding hydrogens is 364 g/mol. The molecule has 2 atom stereocenters. The summed E-state index contributed by atoms with van der Waals surface area (Å²) >= 11 is 0. The first-order valence-corrected chi connectivity index (χ1v) is 11.4. The van der Waals surface area contributed by atoms with Gasteiger partial charge in [0.05, 0.1) is 25.0 Å². The Balaban J connectivity index is 1.81. The van der Waals surface area contributed by atoms with Crippen molar-refractivity contribution in [1.29, 1.82) is 0 Å². The maximum absolute atomic E-state index is 12.8. The van der Waals surface area contributed by atoms with Crippen LogP contribution in [0.3, 0.4) is 0 Å². The van der Waals surface area contributed by atoms with Gasteiger partial charge in [-0.15, -0.1) is 12.3 Å². The van der Waals surface area contributed by atoms with Crippen molar-refractivity contribution in [3.05, 3.63) is 33.7 Å². The summed E-state index contributed by atoms with van der Waals surface area (Å²) in [7, 11) is -3.38. The molecule has 0 saturated heterocycles. The zero-order valence-corrected chi connectivity index (χ0v) is 16.8. The van der Waals surface area contributed by atoms with Crippen LogP contribution in [0.5, 0.6) is 0 Å². The number of hydrogen-bond donors (Lipinski definition) is 1. The highest BCUT2D eigenvalue weighted by molar-refractivity contribution is 7.88. The predicted molar refractivity (Wildman–Crippen MR) is 105 cm³/mol. The molecule has 2 aliphatic rings. The van der Waals surface area contributed by atoms with Crippen LogP contribution in [0, 0.1) is 25.2 Å². The van der Waals surface area contributed by atoms with E-state index in [1.165, 1.54) is 0 Å². The molecule has 3 rings (SSSR count). The number of hydrogen-bond acceptors (Lipinski definition) is 4. The lowest BCUT2D eigenvalue weighted by Crippen LogP contribution is -2.49. The summed E-state index contributed by atoms with van der Waals surface area (Å²) in [5.41, 5.74) is 1.51. The zero-order valence-electron chi connectivity index (χ0n) is 16.0. The summed E-state index contributed by atoms with van der Waals surface area (Å²) in [4.78, 5) is 12.8. The van der Waals surface area contributed by atoms with E-state index >= 15 is 0 Å². The normalized spacial score (nSPS) is 28.3. The number of aryl methyl sites for hydroxylation is 2. The smallest absolute Gasteiger partial charge is 0.254 e. The highest BCUT2D eigenvalue weighted by Gasteiger charge is 2.33. The molecule has 1 aliphatic carbocycles. The van der Waals surface area contributed by atoms with E-state index in [0.29, 0.717) is 30.9 Å². The third kappa shape index (κ3) is 4.81. The first-order chi connectivity index (χ1) is 12.8. The molecule has 1 N–H and O–H groups in total. The molecule has 0 radical (unpaired) electrons. The van der Waals surface area contributed by atoms with Gasteiger partial charge in [-0.1, -0.05) is 6.07 Å². The van der Waals surface area contributed by atoms with Crippen LogP contribution < -0.4 is 10.3 Å². The fourth-order valence-corrected chi connectivity index (χ4v) is 5.00. The second kappa shape index (κ2) is 8.17. The van der Waals surface area contributed by atoms with Crippen molar-refractivity contribution in [3.8, 4) is 12.3 Å². The molecule has 1 saturated carbocycles. The van der Waals surface area contributed by atoms with E-state index < -0.39 is 10.0 Å². The number of sulfonamides is 1. The molecule has 7 heteroatoms. The number of terminal acetylenes is 1. The largest absolute Gasteiger partial charge is 0.376 e. The minimum Gasteiger partial charge on any atom is -0.376 e. The van der Waals surface area contributed by atoms with Crippen LogP contribution in [-0.2, 0) is 21.2 Å². The standard InChI is InChI=1S/C20H28N2O4S/c1-4-15-6-10-17(11-7-15)26-13-19-18(21-27(3,24)25)12-9-16-8-5-14(2)20(23)22(16)19/h1,5,8,15,17-19,21H,6-7,9-13H2,2-3H3. The maximum Gasteiger partial charge on any atom is 0.254 e. The van der Waals surface area contributed by atoms with Crippen molar-refractivity contribution in [3.63, 3.8) is 0 Å². The SMILES string of the molecule is C#CC1CCC(OCC2C(NS(C)(=O)=O)CCc3ccc(C)c(=O)n32)CC1. The van der Waals surface area contributed by atoms with Gasteiger partial charge in [0.1, 0.15) is 0 Å². The summed E-state index contributed by atoms with van der Waals surface area (Å²) < 4.78 is 34.2. The molecule has 2 unspecified atom stereocenters.